The SMILES string of the molecule is Cc1cc(C)c(SCCCCOc2ccc3c(c2)C(C)(C)C(=O)N3)c(C)c1. The third kappa shape index (κ3) is 4.32. The van der Waals surface area contributed by atoms with Crippen LogP contribution in [0, 0.1) is 20.8 Å². The van der Waals surface area contributed by atoms with E-state index in [0.29, 0.717) is 6.61 Å². The Labute approximate surface area is 166 Å². The Morgan fingerprint density at radius 3 is 2.44 bits per heavy atom. The Balaban J connectivity index is 1.46. The molecule has 0 fully saturated rings. The number of amides is 1. The molecule has 3 rings (SSSR count). The first-order chi connectivity index (χ1) is 12.8. The molecule has 1 amide bonds. The van der Waals surface area contributed by atoms with Crippen molar-refractivity contribution < 1.29 is 9.53 Å². The van der Waals surface area contributed by atoms with Gasteiger partial charge in [-0.1, -0.05) is 17.7 Å². The van der Waals surface area contributed by atoms with E-state index in [1.165, 1.54) is 21.6 Å². The quantitative estimate of drug-likeness (QED) is 0.485. The molecular weight excluding hydrogens is 354 g/mol. The van der Waals surface area contributed by atoms with Gasteiger partial charge in [0.05, 0.1) is 12.0 Å². The van der Waals surface area contributed by atoms with Crippen LogP contribution in [-0.4, -0.2) is 18.3 Å². The van der Waals surface area contributed by atoms with Crippen molar-refractivity contribution in [2.75, 3.05) is 17.7 Å². The second-order valence-corrected chi connectivity index (χ2v) is 9.02. The van der Waals surface area contributed by atoms with Crippen LogP contribution in [0.5, 0.6) is 5.75 Å². The van der Waals surface area contributed by atoms with Crippen molar-refractivity contribution in [3.8, 4) is 5.75 Å². The molecule has 3 nitrogen and oxygen atoms in total. The second-order valence-electron chi connectivity index (χ2n) is 7.92. The summed E-state index contributed by atoms with van der Waals surface area (Å²) in [5.74, 6) is 1.99. The van der Waals surface area contributed by atoms with Gasteiger partial charge in [0.2, 0.25) is 5.91 Å². The van der Waals surface area contributed by atoms with Gasteiger partial charge in [-0.15, -0.1) is 11.8 Å². The number of fused-ring (bicyclic) bond motifs is 1. The molecule has 1 N–H and O–H groups in total. The van der Waals surface area contributed by atoms with Crippen LogP contribution in [0.1, 0.15) is 48.9 Å². The molecule has 0 saturated carbocycles. The zero-order valence-corrected chi connectivity index (χ0v) is 17.8. The average molecular weight is 384 g/mol. The number of hydrogen-bond acceptors (Lipinski definition) is 3. The number of thioether (sulfide) groups is 1. The van der Waals surface area contributed by atoms with E-state index in [1.807, 2.05) is 43.8 Å². The predicted octanol–water partition coefficient (Wildman–Crippen LogP) is 5.79. The zero-order valence-electron chi connectivity index (χ0n) is 16.9. The first-order valence-electron chi connectivity index (χ1n) is 9.58. The second kappa shape index (κ2) is 7.97. The summed E-state index contributed by atoms with van der Waals surface area (Å²) in [4.78, 5) is 13.4. The van der Waals surface area contributed by atoms with Gasteiger partial charge in [0.25, 0.3) is 0 Å². The summed E-state index contributed by atoms with van der Waals surface area (Å²) in [7, 11) is 0. The molecule has 0 spiro atoms. The minimum atomic E-state index is -0.491. The van der Waals surface area contributed by atoms with E-state index >= 15 is 0 Å². The predicted molar refractivity (Wildman–Crippen MR) is 114 cm³/mol. The largest absolute Gasteiger partial charge is 0.494 e. The molecule has 27 heavy (non-hydrogen) atoms. The van der Waals surface area contributed by atoms with Crippen molar-refractivity contribution in [1.82, 2.24) is 0 Å². The highest BCUT2D eigenvalue weighted by Crippen LogP contribution is 2.39. The fourth-order valence-electron chi connectivity index (χ4n) is 3.60. The van der Waals surface area contributed by atoms with Crippen LogP contribution in [0.15, 0.2) is 35.2 Å². The van der Waals surface area contributed by atoms with Crippen LogP contribution in [0.4, 0.5) is 5.69 Å². The van der Waals surface area contributed by atoms with Crippen LogP contribution in [-0.2, 0) is 10.2 Å². The van der Waals surface area contributed by atoms with Crippen molar-refractivity contribution in [3.05, 3.63) is 52.6 Å². The fraction of sp³-hybridized carbons (Fsp3) is 0.435. The summed E-state index contributed by atoms with van der Waals surface area (Å²) < 4.78 is 5.93. The zero-order chi connectivity index (χ0) is 19.6. The van der Waals surface area contributed by atoms with E-state index in [9.17, 15) is 4.79 Å². The minimum absolute atomic E-state index is 0.0494. The van der Waals surface area contributed by atoms with E-state index in [2.05, 4.69) is 38.2 Å². The van der Waals surface area contributed by atoms with Gasteiger partial charge in [-0.3, -0.25) is 4.79 Å². The molecule has 2 aromatic carbocycles. The maximum Gasteiger partial charge on any atom is 0.234 e. The molecule has 1 aliphatic heterocycles. The van der Waals surface area contributed by atoms with Gasteiger partial charge in [-0.2, -0.15) is 0 Å². The number of ether oxygens (including phenoxy) is 1. The van der Waals surface area contributed by atoms with Crippen molar-refractivity contribution in [3.63, 3.8) is 0 Å². The molecule has 144 valence electrons. The maximum atomic E-state index is 12.0. The number of unbranched alkanes of at least 4 members (excludes halogenated alkanes) is 1. The van der Waals surface area contributed by atoms with Crippen LogP contribution < -0.4 is 10.1 Å². The molecule has 1 heterocycles. The Morgan fingerprint density at radius 1 is 1.04 bits per heavy atom. The summed E-state index contributed by atoms with van der Waals surface area (Å²) in [5, 5.41) is 2.93. The lowest BCUT2D eigenvalue weighted by atomic mass is 9.86. The number of nitrogens with one attached hydrogen (secondary N) is 1. The van der Waals surface area contributed by atoms with Gasteiger partial charge in [0.15, 0.2) is 0 Å². The highest BCUT2D eigenvalue weighted by atomic mass is 32.2. The number of carbonyl (C=O) groups is 1. The molecule has 0 bridgehead atoms. The van der Waals surface area contributed by atoms with Gasteiger partial charge in [-0.25, -0.2) is 0 Å². The molecule has 0 aromatic heterocycles. The summed E-state index contributed by atoms with van der Waals surface area (Å²) in [6, 6.07) is 10.4. The maximum absolute atomic E-state index is 12.0. The van der Waals surface area contributed by atoms with Crippen molar-refractivity contribution >= 4 is 23.4 Å². The number of hydrogen-bond donors (Lipinski definition) is 1. The Bertz CT molecular complexity index is 834. The summed E-state index contributed by atoms with van der Waals surface area (Å²) in [5.41, 5.74) is 5.51. The Hall–Kier alpha value is -1.94. The Morgan fingerprint density at radius 2 is 1.74 bits per heavy atom. The lowest BCUT2D eigenvalue weighted by molar-refractivity contribution is -0.119. The van der Waals surface area contributed by atoms with Crippen molar-refractivity contribution in [1.29, 1.82) is 0 Å². The van der Waals surface area contributed by atoms with Gasteiger partial charge in [-0.05, 0) is 88.1 Å². The number of benzene rings is 2. The number of aryl methyl sites for hydroxylation is 3. The van der Waals surface area contributed by atoms with Crippen molar-refractivity contribution in [2.45, 2.75) is 57.8 Å². The van der Waals surface area contributed by atoms with Crippen LogP contribution in [0.25, 0.3) is 0 Å². The molecule has 1 aliphatic rings. The first kappa shape index (κ1) is 19.8. The fourth-order valence-corrected chi connectivity index (χ4v) is 4.73. The Kier molecular flexibility index (Phi) is 5.85. The summed E-state index contributed by atoms with van der Waals surface area (Å²) in [6.07, 6.45) is 2.14. The molecule has 0 atom stereocenters. The molecular formula is C23H29NO2S. The normalized spacial score (nSPS) is 14.8. The van der Waals surface area contributed by atoms with Gasteiger partial charge in [0.1, 0.15) is 5.75 Å². The number of carbonyl (C=O) groups excluding carboxylic acids is 1. The van der Waals surface area contributed by atoms with E-state index < -0.39 is 5.41 Å². The third-order valence-corrected chi connectivity index (χ3v) is 6.56. The van der Waals surface area contributed by atoms with Crippen LogP contribution >= 0.6 is 11.8 Å². The van der Waals surface area contributed by atoms with Crippen LogP contribution in [0.2, 0.25) is 0 Å². The summed E-state index contributed by atoms with van der Waals surface area (Å²) in [6.45, 7) is 11.1. The van der Waals surface area contributed by atoms with E-state index in [-0.39, 0.29) is 5.91 Å². The lowest BCUT2D eigenvalue weighted by Gasteiger charge is -2.16. The highest BCUT2D eigenvalue weighted by Gasteiger charge is 2.38. The van der Waals surface area contributed by atoms with E-state index in [1.54, 1.807) is 0 Å². The molecule has 0 aliphatic carbocycles. The van der Waals surface area contributed by atoms with Crippen LogP contribution in [0.3, 0.4) is 0 Å². The van der Waals surface area contributed by atoms with Gasteiger partial charge >= 0.3 is 0 Å². The monoisotopic (exact) mass is 383 g/mol. The van der Waals surface area contributed by atoms with E-state index in [4.69, 9.17) is 4.74 Å². The first-order valence-corrected chi connectivity index (χ1v) is 10.6. The highest BCUT2D eigenvalue weighted by molar-refractivity contribution is 7.99. The topological polar surface area (TPSA) is 38.3 Å². The molecule has 0 saturated heterocycles. The smallest absolute Gasteiger partial charge is 0.234 e. The van der Waals surface area contributed by atoms with Gasteiger partial charge < -0.3 is 10.1 Å². The van der Waals surface area contributed by atoms with Gasteiger partial charge in [0, 0.05) is 10.6 Å². The number of rotatable bonds is 7. The van der Waals surface area contributed by atoms with Crippen molar-refractivity contribution in [2.24, 2.45) is 0 Å². The third-order valence-electron chi connectivity index (χ3n) is 5.14. The number of anilines is 1. The standard InChI is InChI=1S/C23H29NO2S/c1-15-12-16(2)21(17(3)13-15)27-11-7-6-10-26-18-8-9-20-19(14-18)23(4,5)22(25)24-20/h8-9,12-14H,6-7,10-11H2,1-5H3,(H,24,25). The molecule has 0 radical (unpaired) electrons. The molecule has 2 aromatic rings. The minimum Gasteiger partial charge on any atom is -0.494 e. The molecule has 0 unspecified atom stereocenters. The van der Waals surface area contributed by atoms with E-state index in [0.717, 1.165) is 35.6 Å². The lowest BCUT2D eigenvalue weighted by Crippen LogP contribution is -2.26. The average Bonchev–Trinajstić information content (AvgIpc) is 2.82. The summed E-state index contributed by atoms with van der Waals surface area (Å²) >= 11 is 1.94. The molecule has 4 heteroatoms.